The van der Waals surface area contributed by atoms with Crippen LogP contribution in [-0.2, 0) is 11.3 Å². The van der Waals surface area contributed by atoms with Crippen LogP contribution in [0.25, 0.3) is 0 Å². The van der Waals surface area contributed by atoms with Crippen molar-refractivity contribution in [2.24, 2.45) is 4.99 Å². The van der Waals surface area contributed by atoms with E-state index in [0.29, 0.717) is 12.5 Å². The minimum absolute atomic E-state index is 0. The average Bonchev–Trinajstić information content (AvgIpc) is 3.47. The topological polar surface area (TPSA) is 60.0 Å². The molecule has 2 heterocycles. The van der Waals surface area contributed by atoms with Gasteiger partial charge in [-0.3, -0.25) is 14.7 Å². The van der Waals surface area contributed by atoms with Crippen molar-refractivity contribution in [3.63, 3.8) is 0 Å². The molecule has 1 saturated carbocycles. The largest absolute Gasteiger partial charge is 0.352 e. The third-order valence-corrected chi connectivity index (χ3v) is 6.41. The fourth-order valence-electron chi connectivity index (χ4n) is 4.79. The number of nitrogens with zero attached hydrogens (tertiary/aromatic N) is 3. The van der Waals surface area contributed by atoms with Crippen LogP contribution >= 0.6 is 24.0 Å². The Morgan fingerprint density at radius 3 is 2.52 bits per heavy atom. The maximum absolute atomic E-state index is 11.9. The van der Waals surface area contributed by atoms with Gasteiger partial charge in [-0.2, -0.15) is 0 Å². The van der Waals surface area contributed by atoms with Crippen LogP contribution in [0.2, 0.25) is 0 Å². The number of amides is 1. The molecule has 1 unspecified atom stereocenters. The lowest BCUT2D eigenvalue weighted by atomic mass is 10.2. The van der Waals surface area contributed by atoms with Crippen molar-refractivity contribution in [1.82, 2.24) is 15.5 Å². The van der Waals surface area contributed by atoms with Crippen LogP contribution < -0.4 is 15.5 Å². The molecule has 0 aromatic heterocycles. The summed E-state index contributed by atoms with van der Waals surface area (Å²) < 4.78 is 0. The molecule has 1 amide bonds. The Kier molecular flexibility index (Phi) is 8.17. The molecule has 6 nitrogen and oxygen atoms in total. The third kappa shape index (κ3) is 5.63. The van der Waals surface area contributed by atoms with E-state index in [-0.39, 0.29) is 29.9 Å². The van der Waals surface area contributed by atoms with Crippen molar-refractivity contribution in [1.29, 1.82) is 0 Å². The summed E-state index contributed by atoms with van der Waals surface area (Å²) in [4.78, 5) is 20.8. The van der Waals surface area contributed by atoms with Crippen molar-refractivity contribution >= 4 is 41.5 Å². The van der Waals surface area contributed by atoms with Crippen LogP contribution in [-0.4, -0.2) is 55.5 Å². The maximum Gasteiger partial charge on any atom is 0.227 e. The Balaban J connectivity index is 0.00000240. The number of likely N-dealkylation sites (tertiary alicyclic amines) is 1. The van der Waals surface area contributed by atoms with E-state index in [4.69, 9.17) is 0 Å². The van der Waals surface area contributed by atoms with Gasteiger partial charge in [-0.05, 0) is 43.4 Å². The highest BCUT2D eigenvalue weighted by atomic mass is 127. The van der Waals surface area contributed by atoms with Gasteiger partial charge < -0.3 is 15.5 Å². The number of aliphatic imine (C=N–C) groups is 1. The second-order valence-electron chi connectivity index (χ2n) is 8.30. The highest BCUT2D eigenvalue weighted by Crippen LogP contribution is 2.26. The summed E-state index contributed by atoms with van der Waals surface area (Å²) in [5.74, 6) is 1.11. The molecule has 2 aliphatic heterocycles. The van der Waals surface area contributed by atoms with Gasteiger partial charge in [0, 0.05) is 57.4 Å². The Labute approximate surface area is 191 Å². The maximum atomic E-state index is 11.9. The van der Waals surface area contributed by atoms with Crippen LogP contribution in [0.4, 0.5) is 5.69 Å². The molecule has 3 fully saturated rings. The number of guanidine groups is 1. The number of benzene rings is 1. The molecule has 2 N–H and O–H groups in total. The summed E-state index contributed by atoms with van der Waals surface area (Å²) in [5.41, 5.74) is 2.20. The highest BCUT2D eigenvalue weighted by molar-refractivity contribution is 14.0. The molecule has 1 aromatic carbocycles. The first kappa shape index (κ1) is 22.3. The van der Waals surface area contributed by atoms with E-state index in [0.717, 1.165) is 43.7 Å². The van der Waals surface area contributed by atoms with Crippen LogP contribution in [0.5, 0.6) is 0 Å². The standard InChI is InChI=1S/C22H33N5O.HI/c1-23-22(25-18-12-14-26(16-18)19-5-2-3-6-19)24-15-17-8-10-20(11-9-17)27-13-4-7-21(27)28;/h8-11,18-19H,2-7,12-16H2,1H3,(H2,23,24,25);1H. The minimum Gasteiger partial charge on any atom is -0.352 e. The summed E-state index contributed by atoms with van der Waals surface area (Å²) >= 11 is 0. The first-order valence-corrected chi connectivity index (χ1v) is 10.8. The van der Waals surface area contributed by atoms with Gasteiger partial charge in [-0.15, -0.1) is 24.0 Å². The van der Waals surface area contributed by atoms with Crippen LogP contribution in [0.1, 0.15) is 50.5 Å². The summed E-state index contributed by atoms with van der Waals surface area (Å²) in [5, 5.41) is 7.03. The Morgan fingerprint density at radius 2 is 1.86 bits per heavy atom. The van der Waals surface area contributed by atoms with E-state index in [1.165, 1.54) is 44.2 Å². The van der Waals surface area contributed by atoms with Crippen LogP contribution in [0.3, 0.4) is 0 Å². The first-order chi connectivity index (χ1) is 13.7. The Bertz CT molecular complexity index is 702. The van der Waals surface area contributed by atoms with E-state index in [2.05, 4.69) is 32.7 Å². The summed E-state index contributed by atoms with van der Waals surface area (Å²) in [7, 11) is 1.83. The van der Waals surface area contributed by atoms with Crippen molar-refractivity contribution in [3.8, 4) is 0 Å². The lowest BCUT2D eigenvalue weighted by Crippen LogP contribution is -2.45. The second kappa shape index (κ2) is 10.6. The number of halogens is 1. The Hall–Kier alpha value is -1.35. The first-order valence-electron chi connectivity index (χ1n) is 10.8. The number of carbonyl (C=O) groups excluding carboxylic acids is 1. The van der Waals surface area contributed by atoms with E-state index in [9.17, 15) is 4.79 Å². The van der Waals surface area contributed by atoms with E-state index < -0.39 is 0 Å². The molecule has 2 saturated heterocycles. The number of hydrogen-bond donors (Lipinski definition) is 2. The SMILES string of the molecule is CN=C(NCc1ccc(N2CCCC2=O)cc1)NC1CCN(C2CCCC2)C1.I. The van der Waals surface area contributed by atoms with Gasteiger partial charge in [0.1, 0.15) is 0 Å². The smallest absolute Gasteiger partial charge is 0.227 e. The molecule has 1 atom stereocenters. The zero-order valence-electron chi connectivity index (χ0n) is 17.4. The zero-order valence-corrected chi connectivity index (χ0v) is 19.7. The molecule has 1 aromatic rings. The molecule has 4 rings (SSSR count). The predicted molar refractivity (Wildman–Crippen MR) is 129 cm³/mol. The molecular formula is C22H34IN5O. The van der Waals surface area contributed by atoms with Crippen molar-refractivity contribution < 1.29 is 4.79 Å². The van der Waals surface area contributed by atoms with Gasteiger partial charge in [0.05, 0.1) is 0 Å². The van der Waals surface area contributed by atoms with Crippen molar-refractivity contribution in [3.05, 3.63) is 29.8 Å². The molecule has 3 aliphatic rings. The fraction of sp³-hybridized carbons (Fsp3) is 0.636. The van der Waals surface area contributed by atoms with Gasteiger partial charge in [-0.25, -0.2) is 0 Å². The van der Waals surface area contributed by atoms with E-state index in [1.807, 2.05) is 24.1 Å². The average molecular weight is 511 g/mol. The zero-order chi connectivity index (χ0) is 19.3. The highest BCUT2D eigenvalue weighted by Gasteiger charge is 2.30. The number of hydrogen-bond acceptors (Lipinski definition) is 3. The lowest BCUT2D eigenvalue weighted by molar-refractivity contribution is -0.117. The molecule has 160 valence electrons. The van der Waals surface area contributed by atoms with Crippen LogP contribution in [0, 0.1) is 0 Å². The minimum atomic E-state index is 0. The quantitative estimate of drug-likeness (QED) is 0.363. The molecule has 0 bridgehead atoms. The number of carbonyl (C=O) groups is 1. The van der Waals surface area contributed by atoms with Gasteiger partial charge in [-0.1, -0.05) is 25.0 Å². The normalized spacial score (nSPS) is 23.5. The summed E-state index contributed by atoms with van der Waals surface area (Å²) in [6.07, 6.45) is 8.36. The molecule has 0 spiro atoms. The molecule has 0 radical (unpaired) electrons. The van der Waals surface area contributed by atoms with Gasteiger partial charge in [0.15, 0.2) is 5.96 Å². The monoisotopic (exact) mass is 511 g/mol. The molecule has 7 heteroatoms. The summed E-state index contributed by atoms with van der Waals surface area (Å²) in [6.45, 7) is 3.90. The van der Waals surface area contributed by atoms with Crippen LogP contribution in [0.15, 0.2) is 29.3 Å². The van der Waals surface area contributed by atoms with E-state index >= 15 is 0 Å². The number of anilines is 1. The van der Waals surface area contributed by atoms with Crippen molar-refractivity contribution in [2.75, 3.05) is 31.6 Å². The van der Waals surface area contributed by atoms with Gasteiger partial charge in [0.25, 0.3) is 0 Å². The lowest BCUT2D eigenvalue weighted by Gasteiger charge is -2.24. The fourth-order valence-corrected chi connectivity index (χ4v) is 4.79. The predicted octanol–water partition coefficient (Wildman–Crippen LogP) is 3.11. The Morgan fingerprint density at radius 1 is 1.10 bits per heavy atom. The molecule has 29 heavy (non-hydrogen) atoms. The van der Waals surface area contributed by atoms with E-state index in [1.54, 1.807) is 0 Å². The third-order valence-electron chi connectivity index (χ3n) is 6.41. The summed E-state index contributed by atoms with van der Waals surface area (Å²) in [6, 6.07) is 9.58. The van der Waals surface area contributed by atoms with Crippen molar-refractivity contribution in [2.45, 2.75) is 63.6 Å². The number of nitrogens with one attached hydrogen (secondary N) is 2. The van der Waals surface area contributed by atoms with Gasteiger partial charge >= 0.3 is 0 Å². The molecule has 1 aliphatic carbocycles. The number of rotatable bonds is 5. The second-order valence-corrected chi connectivity index (χ2v) is 8.30. The van der Waals surface area contributed by atoms with Gasteiger partial charge in [0.2, 0.25) is 5.91 Å². The molecular weight excluding hydrogens is 477 g/mol.